The van der Waals surface area contributed by atoms with E-state index in [0.29, 0.717) is 12.6 Å². The summed E-state index contributed by atoms with van der Waals surface area (Å²) in [6, 6.07) is 7.14. The molecule has 1 aliphatic carbocycles. The molecule has 0 bridgehead atoms. The van der Waals surface area contributed by atoms with Crippen LogP contribution in [0.25, 0.3) is 0 Å². The molecule has 3 rings (SSSR count). The second-order valence-electron chi connectivity index (χ2n) is 5.68. The summed E-state index contributed by atoms with van der Waals surface area (Å²) in [5.41, 5.74) is 1.02. The highest BCUT2D eigenvalue weighted by Crippen LogP contribution is 2.52. The van der Waals surface area contributed by atoms with Crippen LogP contribution < -0.4 is 0 Å². The monoisotopic (exact) mass is 301 g/mol. The van der Waals surface area contributed by atoms with E-state index in [1.54, 1.807) is 12.1 Å². The molecule has 1 nitrogen and oxygen atoms in total. The molecule has 0 amide bonds. The topological polar surface area (TPSA) is 3.24 Å². The van der Waals surface area contributed by atoms with Crippen LogP contribution in [-0.2, 0) is 0 Å². The molecular weight excluding hydrogens is 284 g/mol. The summed E-state index contributed by atoms with van der Waals surface area (Å²) < 4.78 is 12.3. The maximum atomic E-state index is 13.0. The van der Waals surface area contributed by atoms with Crippen LogP contribution in [0.1, 0.15) is 43.7 Å². The predicted molar refractivity (Wildman–Crippen MR) is 77.2 cm³/mol. The summed E-state index contributed by atoms with van der Waals surface area (Å²) >= 11 is 12.8. The fourth-order valence-electron chi connectivity index (χ4n) is 3.38. The van der Waals surface area contributed by atoms with Crippen molar-refractivity contribution in [1.29, 1.82) is 0 Å². The lowest BCUT2D eigenvalue weighted by atomic mass is 9.86. The highest BCUT2D eigenvalue weighted by atomic mass is 35.5. The fourth-order valence-corrected chi connectivity index (χ4v) is 4.16. The van der Waals surface area contributed by atoms with Crippen molar-refractivity contribution >= 4 is 23.2 Å². The predicted octanol–water partition coefficient (Wildman–Crippen LogP) is 4.69. The Kier molecular flexibility index (Phi) is 3.76. The first-order valence-corrected chi connectivity index (χ1v) is 7.72. The van der Waals surface area contributed by atoms with Gasteiger partial charge in [-0.05, 0) is 30.5 Å². The molecule has 1 aromatic rings. The molecule has 0 spiro atoms. The van der Waals surface area contributed by atoms with Crippen molar-refractivity contribution in [2.75, 3.05) is 6.54 Å². The molecule has 2 aliphatic rings. The molecule has 1 heterocycles. The molecule has 1 saturated heterocycles. The lowest BCUT2D eigenvalue weighted by molar-refractivity contribution is 0.0122. The molecule has 19 heavy (non-hydrogen) atoms. The Bertz CT molecular complexity index is 440. The standard InChI is InChI=1S/C15H18Cl2FN/c16-15(17)10-19(13-4-2-1-3-5-13)14(15)11-6-8-12(18)9-7-11/h6-9,13-14H,1-5,10H2. The average Bonchev–Trinajstić information content (AvgIpc) is 2.40. The van der Waals surface area contributed by atoms with Crippen LogP contribution in [-0.4, -0.2) is 21.8 Å². The Hall–Kier alpha value is -0.310. The van der Waals surface area contributed by atoms with Crippen molar-refractivity contribution in [2.24, 2.45) is 0 Å². The molecule has 1 unspecified atom stereocenters. The number of alkyl halides is 2. The van der Waals surface area contributed by atoms with E-state index in [1.807, 2.05) is 0 Å². The van der Waals surface area contributed by atoms with Crippen LogP contribution in [0.5, 0.6) is 0 Å². The summed E-state index contributed by atoms with van der Waals surface area (Å²) in [7, 11) is 0. The summed E-state index contributed by atoms with van der Waals surface area (Å²) in [6.45, 7) is 0.711. The summed E-state index contributed by atoms with van der Waals surface area (Å²) in [4.78, 5) is 2.40. The number of hydrogen-bond acceptors (Lipinski definition) is 1. The van der Waals surface area contributed by atoms with E-state index in [4.69, 9.17) is 23.2 Å². The molecule has 1 atom stereocenters. The van der Waals surface area contributed by atoms with Crippen LogP contribution in [0.3, 0.4) is 0 Å². The number of benzene rings is 1. The first kappa shape index (κ1) is 13.7. The third-order valence-electron chi connectivity index (χ3n) is 4.35. The first-order chi connectivity index (χ1) is 9.08. The van der Waals surface area contributed by atoms with Gasteiger partial charge in [-0.3, -0.25) is 4.90 Å². The van der Waals surface area contributed by atoms with Crippen molar-refractivity contribution in [3.8, 4) is 0 Å². The van der Waals surface area contributed by atoms with Gasteiger partial charge in [-0.2, -0.15) is 0 Å². The van der Waals surface area contributed by atoms with Gasteiger partial charge in [-0.1, -0.05) is 54.6 Å². The van der Waals surface area contributed by atoms with Crippen molar-refractivity contribution in [3.05, 3.63) is 35.6 Å². The molecule has 2 fully saturated rings. The van der Waals surface area contributed by atoms with Gasteiger partial charge in [0.25, 0.3) is 0 Å². The molecule has 104 valence electrons. The molecule has 0 aromatic heterocycles. The quantitative estimate of drug-likeness (QED) is 0.716. The molecule has 1 aliphatic heterocycles. The Morgan fingerprint density at radius 3 is 2.26 bits per heavy atom. The lowest BCUT2D eigenvalue weighted by Crippen LogP contribution is -2.61. The van der Waals surface area contributed by atoms with Gasteiger partial charge in [0.2, 0.25) is 0 Å². The maximum Gasteiger partial charge on any atom is 0.150 e. The van der Waals surface area contributed by atoms with Gasteiger partial charge in [0, 0.05) is 12.6 Å². The van der Waals surface area contributed by atoms with Crippen LogP contribution in [0.15, 0.2) is 24.3 Å². The number of likely N-dealkylation sites (tertiary alicyclic amines) is 1. The van der Waals surface area contributed by atoms with Gasteiger partial charge in [0.05, 0.1) is 6.04 Å². The highest BCUT2D eigenvalue weighted by Gasteiger charge is 2.53. The van der Waals surface area contributed by atoms with Gasteiger partial charge >= 0.3 is 0 Å². The third kappa shape index (κ3) is 2.63. The Balaban J connectivity index is 1.81. The Morgan fingerprint density at radius 2 is 1.68 bits per heavy atom. The van der Waals surface area contributed by atoms with Crippen LogP contribution in [0.4, 0.5) is 4.39 Å². The zero-order chi connectivity index (χ0) is 13.5. The van der Waals surface area contributed by atoms with E-state index in [-0.39, 0.29) is 11.9 Å². The van der Waals surface area contributed by atoms with Crippen LogP contribution >= 0.6 is 23.2 Å². The molecule has 4 heteroatoms. The van der Waals surface area contributed by atoms with Crippen molar-refractivity contribution in [3.63, 3.8) is 0 Å². The number of rotatable bonds is 2. The van der Waals surface area contributed by atoms with E-state index in [2.05, 4.69) is 4.90 Å². The maximum absolute atomic E-state index is 13.0. The van der Waals surface area contributed by atoms with E-state index < -0.39 is 4.33 Å². The van der Waals surface area contributed by atoms with E-state index >= 15 is 0 Å². The van der Waals surface area contributed by atoms with Gasteiger partial charge in [0.1, 0.15) is 10.2 Å². The number of nitrogens with zero attached hydrogens (tertiary/aromatic N) is 1. The second-order valence-corrected chi connectivity index (χ2v) is 7.22. The Morgan fingerprint density at radius 1 is 1.05 bits per heavy atom. The average molecular weight is 302 g/mol. The smallest absolute Gasteiger partial charge is 0.150 e. The normalized spacial score (nSPS) is 28.1. The summed E-state index contributed by atoms with van der Waals surface area (Å²) in [5.74, 6) is -0.220. The van der Waals surface area contributed by atoms with Gasteiger partial charge in [-0.25, -0.2) is 4.39 Å². The molecule has 0 N–H and O–H groups in total. The molecular formula is C15H18Cl2FN. The zero-order valence-electron chi connectivity index (χ0n) is 10.8. The minimum Gasteiger partial charge on any atom is -0.287 e. The fraction of sp³-hybridized carbons (Fsp3) is 0.600. The lowest BCUT2D eigenvalue weighted by Gasteiger charge is -2.55. The minimum absolute atomic E-state index is 0.000432. The van der Waals surface area contributed by atoms with Crippen molar-refractivity contribution < 1.29 is 4.39 Å². The van der Waals surface area contributed by atoms with Crippen molar-refractivity contribution in [2.45, 2.75) is 48.5 Å². The first-order valence-electron chi connectivity index (χ1n) is 6.97. The molecule has 1 aromatic carbocycles. The number of halogens is 3. The highest BCUT2D eigenvalue weighted by molar-refractivity contribution is 6.49. The Labute approximate surface area is 123 Å². The van der Waals surface area contributed by atoms with Gasteiger partial charge in [0.15, 0.2) is 0 Å². The van der Waals surface area contributed by atoms with Crippen LogP contribution in [0, 0.1) is 5.82 Å². The summed E-state index contributed by atoms with van der Waals surface area (Å²) in [6.07, 6.45) is 6.35. The minimum atomic E-state index is -0.741. The SMILES string of the molecule is Fc1ccc(C2N(C3CCCCC3)CC2(Cl)Cl)cc1. The summed E-state index contributed by atoms with van der Waals surface area (Å²) in [5, 5.41) is 0. The van der Waals surface area contributed by atoms with Gasteiger partial charge < -0.3 is 0 Å². The molecule has 1 saturated carbocycles. The van der Waals surface area contributed by atoms with Crippen molar-refractivity contribution in [1.82, 2.24) is 4.90 Å². The van der Waals surface area contributed by atoms with Gasteiger partial charge in [-0.15, -0.1) is 0 Å². The van der Waals surface area contributed by atoms with Crippen LogP contribution in [0.2, 0.25) is 0 Å². The second kappa shape index (κ2) is 5.23. The largest absolute Gasteiger partial charge is 0.287 e. The van der Waals surface area contributed by atoms with E-state index in [0.717, 1.165) is 5.56 Å². The number of hydrogen-bond donors (Lipinski definition) is 0. The molecule has 0 radical (unpaired) electrons. The zero-order valence-corrected chi connectivity index (χ0v) is 12.3. The van der Waals surface area contributed by atoms with E-state index in [1.165, 1.54) is 44.2 Å². The third-order valence-corrected chi connectivity index (χ3v) is 5.01. The van der Waals surface area contributed by atoms with E-state index in [9.17, 15) is 4.39 Å².